The molecule has 13 heteroatoms. The summed E-state index contributed by atoms with van der Waals surface area (Å²) in [4.78, 5) is 24.7. The van der Waals surface area contributed by atoms with Crippen LogP contribution in [-0.2, 0) is 14.8 Å². The number of hydrogen-bond acceptors (Lipinski definition) is 9. The van der Waals surface area contributed by atoms with E-state index in [0.29, 0.717) is 33.1 Å². The van der Waals surface area contributed by atoms with E-state index in [2.05, 4.69) is 20.7 Å². The standard InChI is InChI=1S/C27H24ClN7O3S2/c1-34(2)21-11-3-17(4-12-21)15-23-26(36)35(25(31-23)18-5-7-19(28)8-6-18)33-24-16-39-27(32-24)30-20-9-13-22(14-10-20)40(29,37)38/h3-16,33H,1-2H3,(H,30,32)(H2,29,37,38)/b23-15-. The Kier molecular flexibility index (Phi) is 7.59. The lowest BCUT2D eigenvalue weighted by molar-refractivity contribution is -0.121. The highest BCUT2D eigenvalue weighted by Crippen LogP contribution is 2.28. The number of halogens is 1. The monoisotopic (exact) mass is 593 g/mol. The van der Waals surface area contributed by atoms with Crippen molar-refractivity contribution in [2.45, 2.75) is 4.90 Å². The van der Waals surface area contributed by atoms with Crippen molar-refractivity contribution in [3.63, 3.8) is 0 Å². The normalized spacial score (nSPS) is 14.4. The van der Waals surface area contributed by atoms with Crippen LogP contribution in [0.3, 0.4) is 0 Å². The molecule has 0 unspecified atom stereocenters. The van der Waals surface area contributed by atoms with Gasteiger partial charge in [0.1, 0.15) is 5.70 Å². The van der Waals surface area contributed by atoms with E-state index in [9.17, 15) is 13.2 Å². The predicted molar refractivity (Wildman–Crippen MR) is 160 cm³/mol. The molecule has 0 saturated heterocycles. The number of nitrogens with zero attached hydrogens (tertiary/aromatic N) is 4. The number of hydrazine groups is 1. The number of carbonyl (C=O) groups excluding carboxylic acids is 1. The molecule has 4 aromatic rings. The topological polar surface area (TPSA) is 133 Å². The van der Waals surface area contributed by atoms with Gasteiger partial charge in [0.25, 0.3) is 5.91 Å². The number of rotatable bonds is 8. The Bertz CT molecular complexity index is 1720. The first-order chi connectivity index (χ1) is 19.1. The second-order valence-electron chi connectivity index (χ2n) is 8.94. The maximum absolute atomic E-state index is 13.5. The Morgan fingerprint density at radius 1 is 1.00 bits per heavy atom. The SMILES string of the molecule is CN(C)c1ccc(/C=C2\N=C(c3ccc(Cl)cc3)N(Nc3csc(Nc4ccc(S(N)(=O)=O)cc4)n3)C2=O)cc1. The van der Waals surface area contributed by atoms with Gasteiger partial charge in [0.15, 0.2) is 16.8 Å². The predicted octanol–water partition coefficient (Wildman–Crippen LogP) is 4.91. The van der Waals surface area contributed by atoms with Crippen LogP contribution in [0.5, 0.6) is 0 Å². The Hall–Kier alpha value is -4.23. The Morgan fingerprint density at radius 3 is 2.30 bits per heavy atom. The van der Waals surface area contributed by atoms with Crippen LogP contribution < -0.4 is 20.8 Å². The maximum Gasteiger partial charge on any atom is 0.297 e. The molecule has 4 N–H and O–H groups in total. The minimum Gasteiger partial charge on any atom is -0.378 e. The molecule has 204 valence electrons. The Labute approximate surface area is 240 Å². The summed E-state index contributed by atoms with van der Waals surface area (Å²) in [6, 6.07) is 20.8. The van der Waals surface area contributed by atoms with Crippen molar-refractivity contribution in [2.24, 2.45) is 10.1 Å². The number of hydrogen-bond donors (Lipinski definition) is 3. The van der Waals surface area contributed by atoms with Gasteiger partial charge in [0, 0.05) is 41.4 Å². The van der Waals surface area contributed by atoms with Crippen LogP contribution in [0.15, 0.2) is 93.8 Å². The summed E-state index contributed by atoms with van der Waals surface area (Å²) in [6.07, 6.45) is 1.73. The lowest BCUT2D eigenvalue weighted by atomic mass is 10.1. The molecule has 0 spiro atoms. The third-order valence-corrected chi connectivity index (χ3v) is 7.78. The van der Waals surface area contributed by atoms with Crippen LogP contribution in [0.25, 0.3) is 6.08 Å². The van der Waals surface area contributed by atoms with Crippen LogP contribution in [0, 0.1) is 0 Å². The number of aromatic nitrogens is 1. The van der Waals surface area contributed by atoms with Crippen LogP contribution >= 0.6 is 22.9 Å². The number of nitrogens with one attached hydrogen (secondary N) is 2. The summed E-state index contributed by atoms with van der Waals surface area (Å²) < 4.78 is 23.0. The first kappa shape index (κ1) is 27.3. The summed E-state index contributed by atoms with van der Waals surface area (Å²) >= 11 is 7.39. The van der Waals surface area contributed by atoms with E-state index in [1.165, 1.54) is 28.5 Å². The smallest absolute Gasteiger partial charge is 0.297 e. The molecule has 0 atom stereocenters. The van der Waals surface area contributed by atoms with Gasteiger partial charge in [-0.2, -0.15) is 5.01 Å². The molecule has 40 heavy (non-hydrogen) atoms. The zero-order valence-electron chi connectivity index (χ0n) is 21.4. The first-order valence-electron chi connectivity index (χ1n) is 11.9. The van der Waals surface area contributed by atoms with Crippen molar-refractivity contribution >= 4 is 73.1 Å². The van der Waals surface area contributed by atoms with Gasteiger partial charge in [-0.1, -0.05) is 23.7 Å². The number of benzene rings is 3. The van der Waals surface area contributed by atoms with Crippen molar-refractivity contribution < 1.29 is 13.2 Å². The number of primary sulfonamides is 1. The molecule has 0 radical (unpaired) electrons. The second kappa shape index (κ2) is 11.1. The van der Waals surface area contributed by atoms with Crippen LogP contribution in [-0.4, -0.2) is 44.2 Å². The largest absolute Gasteiger partial charge is 0.378 e. The van der Waals surface area contributed by atoms with Crippen molar-refractivity contribution in [3.8, 4) is 0 Å². The highest BCUT2D eigenvalue weighted by atomic mass is 35.5. The number of aliphatic imine (C=N–C) groups is 1. The zero-order valence-corrected chi connectivity index (χ0v) is 23.8. The highest BCUT2D eigenvalue weighted by molar-refractivity contribution is 7.89. The Balaban J connectivity index is 1.39. The quantitative estimate of drug-likeness (QED) is 0.247. The number of sulfonamides is 1. The number of nitrogens with two attached hydrogens (primary N) is 1. The number of anilines is 4. The van der Waals surface area contributed by atoms with Gasteiger partial charge in [-0.15, -0.1) is 11.3 Å². The van der Waals surface area contributed by atoms with Crippen molar-refractivity contribution in [3.05, 3.63) is 100 Å². The molecule has 1 amide bonds. The van der Waals surface area contributed by atoms with E-state index in [-0.39, 0.29) is 16.5 Å². The molecule has 5 rings (SSSR count). The number of thiazole rings is 1. The van der Waals surface area contributed by atoms with Gasteiger partial charge in [0.05, 0.1) is 4.90 Å². The summed E-state index contributed by atoms with van der Waals surface area (Å²) in [5.41, 5.74) is 6.53. The van der Waals surface area contributed by atoms with Crippen molar-refractivity contribution in [1.82, 2.24) is 9.99 Å². The third kappa shape index (κ3) is 6.15. The minimum atomic E-state index is -3.78. The fraction of sp³-hybridized carbons (Fsp3) is 0.0741. The summed E-state index contributed by atoms with van der Waals surface area (Å²) in [6.45, 7) is 0. The average molecular weight is 594 g/mol. The van der Waals surface area contributed by atoms with E-state index in [1.54, 1.807) is 47.9 Å². The fourth-order valence-corrected chi connectivity index (χ4v) is 5.09. The third-order valence-electron chi connectivity index (χ3n) is 5.84. The summed E-state index contributed by atoms with van der Waals surface area (Å²) in [7, 11) is 0.143. The van der Waals surface area contributed by atoms with Crippen LogP contribution in [0.4, 0.5) is 22.3 Å². The molecule has 10 nitrogen and oxygen atoms in total. The molecule has 2 heterocycles. The minimum absolute atomic E-state index is 0.0126. The lowest BCUT2D eigenvalue weighted by Gasteiger charge is -2.18. The molecular formula is C27H24ClN7O3S2. The van der Waals surface area contributed by atoms with Gasteiger partial charge in [-0.25, -0.2) is 23.5 Å². The molecule has 1 aromatic heterocycles. The van der Waals surface area contributed by atoms with Crippen LogP contribution in [0.2, 0.25) is 5.02 Å². The molecule has 3 aromatic carbocycles. The van der Waals surface area contributed by atoms with Gasteiger partial charge < -0.3 is 10.2 Å². The van der Waals surface area contributed by atoms with E-state index in [0.717, 1.165) is 11.3 Å². The van der Waals surface area contributed by atoms with E-state index in [4.69, 9.17) is 16.7 Å². The van der Waals surface area contributed by atoms with E-state index < -0.39 is 10.0 Å². The summed E-state index contributed by atoms with van der Waals surface area (Å²) in [5.74, 6) is 0.474. The molecule has 0 bridgehead atoms. The molecule has 1 aliphatic rings. The Morgan fingerprint density at radius 2 is 1.68 bits per heavy atom. The van der Waals surface area contributed by atoms with Gasteiger partial charge in [0.2, 0.25) is 10.0 Å². The molecule has 0 aliphatic carbocycles. The van der Waals surface area contributed by atoms with Gasteiger partial charge >= 0.3 is 0 Å². The summed E-state index contributed by atoms with van der Waals surface area (Å²) in [5, 5.41) is 12.5. The highest BCUT2D eigenvalue weighted by Gasteiger charge is 2.32. The maximum atomic E-state index is 13.5. The second-order valence-corrected chi connectivity index (χ2v) is 11.8. The van der Waals surface area contributed by atoms with E-state index >= 15 is 0 Å². The number of amidine groups is 1. The molecule has 0 fully saturated rings. The average Bonchev–Trinajstić information content (AvgIpc) is 3.49. The van der Waals surface area contributed by atoms with Crippen molar-refractivity contribution in [2.75, 3.05) is 29.7 Å². The van der Waals surface area contributed by atoms with Gasteiger partial charge in [-0.05, 0) is 72.3 Å². The zero-order chi connectivity index (χ0) is 28.4. The molecule has 0 saturated carbocycles. The number of amides is 1. The van der Waals surface area contributed by atoms with Gasteiger partial charge in [-0.3, -0.25) is 10.2 Å². The lowest BCUT2D eigenvalue weighted by Crippen LogP contribution is -2.38. The number of carbonyl (C=O) groups is 1. The van der Waals surface area contributed by atoms with Crippen molar-refractivity contribution in [1.29, 1.82) is 0 Å². The molecule has 1 aliphatic heterocycles. The first-order valence-corrected chi connectivity index (χ1v) is 14.7. The molecular weight excluding hydrogens is 570 g/mol. The van der Waals surface area contributed by atoms with E-state index in [1.807, 2.05) is 43.3 Å². The fourth-order valence-electron chi connectivity index (χ4n) is 3.79. The van der Waals surface area contributed by atoms with Crippen LogP contribution in [0.1, 0.15) is 11.1 Å².